The van der Waals surface area contributed by atoms with E-state index in [-0.39, 0.29) is 5.91 Å². The smallest absolute Gasteiger partial charge is 0.273 e. The van der Waals surface area contributed by atoms with Crippen molar-refractivity contribution in [2.75, 3.05) is 7.05 Å². The molecule has 1 aromatic carbocycles. The number of rotatable bonds is 3. The van der Waals surface area contributed by atoms with Crippen molar-refractivity contribution < 1.29 is 4.79 Å². The van der Waals surface area contributed by atoms with Crippen LogP contribution in [0.1, 0.15) is 16.1 Å². The Balaban J connectivity index is 1.90. The van der Waals surface area contributed by atoms with E-state index in [0.29, 0.717) is 12.2 Å². The van der Waals surface area contributed by atoms with Crippen molar-refractivity contribution in [2.24, 2.45) is 0 Å². The van der Waals surface area contributed by atoms with Crippen LogP contribution >= 0.6 is 0 Å². The maximum atomic E-state index is 12.6. The maximum absolute atomic E-state index is 12.6. The van der Waals surface area contributed by atoms with Gasteiger partial charge in [-0.05, 0) is 29.1 Å². The molecular formula is C17H15N3O. The lowest BCUT2D eigenvalue weighted by Crippen LogP contribution is -2.27. The zero-order valence-corrected chi connectivity index (χ0v) is 11.7. The van der Waals surface area contributed by atoms with Crippen molar-refractivity contribution in [1.82, 2.24) is 14.9 Å². The molecule has 21 heavy (non-hydrogen) atoms. The highest BCUT2D eigenvalue weighted by Crippen LogP contribution is 2.18. The van der Waals surface area contributed by atoms with E-state index < -0.39 is 0 Å². The molecule has 0 aliphatic heterocycles. The molecule has 0 N–H and O–H groups in total. The number of amides is 1. The summed E-state index contributed by atoms with van der Waals surface area (Å²) in [6.45, 7) is 0.534. The van der Waals surface area contributed by atoms with Crippen LogP contribution in [0, 0.1) is 0 Å². The molecule has 0 saturated carbocycles. The highest BCUT2D eigenvalue weighted by Gasteiger charge is 2.16. The average Bonchev–Trinajstić information content (AvgIpc) is 2.54. The molecule has 0 radical (unpaired) electrons. The summed E-state index contributed by atoms with van der Waals surface area (Å²) in [5, 5.41) is 1.90. The van der Waals surface area contributed by atoms with Gasteiger partial charge in [-0.15, -0.1) is 0 Å². The first-order valence-electron chi connectivity index (χ1n) is 6.74. The number of fused-ring (bicyclic) bond motifs is 1. The largest absolute Gasteiger partial charge is 0.336 e. The van der Waals surface area contributed by atoms with Crippen LogP contribution in [0.4, 0.5) is 0 Å². The van der Waals surface area contributed by atoms with Crippen LogP contribution in [-0.2, 0) is 6.54 Å². The lowest BCUT2D eigenvalue weighted by Gasteiger charge is -2.17. The number of aromatic nitrogens is 2. The minimum absolute atomic E-state index is 0.0800. The van der Waals surface area contributed by atoms with Gasteiger partial charge in [-0.2, -0.15) is 0 Å². The standard InChI is InChI=1S/C17H15N3O/c1-20(12-13-6-9-18-10-7-13)17(21)16-15-5-3-2-4-14(15)8-11-19-16/h2-11H,12H2,1H3. The quantitative estimate of drug-likeness (QED) is 0.739. The fourth-order valence-corrected chi connectivity index (χ4v) is 2.30. The maximum Gasteiger partial charge on any atom is 0.273 e. The third-order valence-electron chi connectivity index (χ3n) is 3.39. The summed E-state index contributed by atoms with van der Waals surface area (Å²) in [5.74, 6) is -0.0800. The van der Waals surface area contributed by atoms with Gasteiger partial charge in [-0.25, -0.2) is 0 Å². The molecule has 2 heterocycles. The van der Waals surface area contributed by atoms with Crippen molar-refractivity contribution in [1.29, 1.82) is 0 Å². The SMILES string of the molecule is CN(Cc1ccncc1)C(=O)c1nccc2ccccc12. The minimum atomic E-state index is -0.0800. The number of benzene rings is 1. The van der Waals surface area contributed by atoms with Gasteiger partial charge >= 0.3 is 0 Å². The van der Waals surface area contributed by atoms with Crippen LogP contribution in [0.5, 0.6) is 0 Å². The first kappa shape index (κ1) is 13.2. The Bertz CT molecular complexity index is 766. The molecule has 3 aromatic rings. The molecule has 104 valence electrons. The second kappa shape index (κ2) is 5.71. The van der Waals surface area contributed by atoms with Gasteiger partial charge in [0, 0.05) is 37.6 Å². The van der Waals surface area contributed by atoms with Crippen LogP contribution in [-0.4, -0.2) is 27.8 Å². The van der Waals surface area contributed by atoms with Gasteiger partial charge < -0.3 is 4.90 Å². The minimum Gasteiger partial charge on any atom is -0.336 e. The van der Waals surface area contributed by atoms with Gasteiger partial charge in [0.25, 0.3) is 5.91 Å². The van der Waals surface area contributed by atoms with E-state index in [4.69, 9.17) is 0 Å². The number of hydrogen-bond donors (Lipinski definition) is 0. The molecule has 4 nitrogen and oxygen atoms in total. The Morgan fingerprint density at radius 3 is 2.62 bits per heavy atom. The molecule has 4 heteroatoms. The molecule has 0 bridgehead atoms. The highest BCUT2D eigenvalue weighted by atomic mass is 16.2. The van der Waals surface area contributed by atoms with Gasteiger partial charge in [-0.3, -0.25) is 14.8 Å². The molecular weight excluding hydrogens is 262 g/mol. The number of pyridine rings is 2. The van der Waals surface area contributed by atoms with Crippen molar-refractivity contribution in [3.8, 4) is 0 Å². The molecule has 0 unspecified atom stereocenters. The van der Waals surface area contributed by atoms with Gasteiger partial charge in [0.05, 0.1) is 0 Å². The van der Waals surface area contributed by atoms with Crippen LogP contribution in [0.3, 0.4) is 0 Å². The zero-order valence-electron chi connectivity index (χ0n) is 11.7. The van der Waals surface area contributed by atoms with E-state index in [2.05, 4.69) is 9.97 Å². The molecule has 0 atom stereocenters. The zero-order chi connectivity index (χ0) is 14.7. The van der Waals surface area contributed by atoms with E-state index in [1.165, 1.54) is 0 Å². The third kappa shape index (κ3) is 2.74. The summed E-state index contributed by atoms with van der Waals surface area (Å²) in [4.78, 5) is 22.5. The summed E-state index contributed by atoms with van der Waals surface area (Å²) in [5.41, 5.74) is 1.53. The van der Waals surface area contributed by atoms with E-state index in [9.17, 15) is 4.79 Å². The van der Waals surface area contributed by atoms with Gasteiger partial charge in [0.2, 0.25) is 0 Å². The lowest BCUT2D eigenvalue weighted by atomic mass is 10.1. The number of carbonyl (C=O) groups is 1. The Kier molecular flexibility index (Phi) is 3.60. The second-order valence-electron chi connectivity index (χ2n) is 4.90. The predicted molar refractivity (Wildman–Crippen MR) is 81.8 cm³/mol. The first-order valence-corrected chi connectivity index (χ1v) is 6.74. The number of carbonyl (C=O) groups excluding carboxylic acids is 1. The fourth-order valence-electron chi connectivity index (χ4n) is 2.30. The van der Waals surface area contributed by atoms with Crippen LogP contribution in [0.15, 0.2) is 61.1 Å². The van der Waals surface area contributed by atoms with E-state index in [1.807, 2.05) is 42.5 Å². The molecule has 0 aliphatic rings. The van der Waals surface area contributed by atoms with E-state index in [1.54, 1.807) is 30.5 Å². The average molecular weight is 277 g/mol. The Morgan fingerprint density at radius 1 is 1.05 bits per heavy atom. The van der Waals surface area contributed by atoms with Crippen molar-refractivity contribution in [3.63, 3.8) is 0 Å². The summed E-state index contributed by atoms with van der Waals surface area (Å²) in [6, 6.07) is 13.5. The Labute approximate surface area is 123 Å². The highest BCUT2D eigenvalue weighted by molar-refractivity contribution is 6.04. The van der Waals surface area contributed by atoms with Crippen molar-refractivity contribution in [2.45, 2.75) is 6.54 Å². The fraction of sp³-hybridized carbons (Fsp3) is 0.118. The van der Waals surface area contributed by atoms with Gasteiger partial charge in [0.15, 0.2) is 0 Å². The molecule has 0 fully saturated rings. The summed E-state index contributed by atoms with van der Waals surface area (Å²) in [6.07, 6.45) is 5.13. The summed E-state index contributed by atoms with van der Waals surface area (Å²) >= 11 is 0. The molecule has 0 aliphatic carbocycles. The molecule has 3 rings (SSSR count). The number of nitrogens with zero attached hydrogens (tertiary/aromatic N) is 3. The van der Waals surface area contributed by atoms with E-state index in [0.717, 1.165) is 16.3 Å². The van der Waals surface area contributed by atoms with Crippen molar-refractivity contribution in [3.05, 3.63) is 72.3 Å². The van der Waals surface area contributed by atoms with E-state index >= 15 is 0 Å². The molecule has 0 saturated heterocycles. The third-order valence-corrected chi connectivity index (χ3v) is 3.39. The molecule has 1 amide bonds. The van der Waals surface area contributed by atoms with Gasteiger partial charge in [0.1, 0.15) is 5.69 Å². The van der Waals surface area contributed by atoms with Gasteiger partial charge in [-0.1, -0.05) is 24.3 Å². The summed E-state index contributed by atoms with van der Waals surface area (Å²) < 4.78 is 0. The monoisotopic (exact) mass is 277 g/mol. The first-order chi connectivity index (χ1) is 10.3. The second-order valence-corrected chi connectivity index (χ2v) is 4.90. The number of hydrogen-bond acceptors (Lipinski definition) is 3. The molecule has 0 spiro atoms. The predicted octanol–water partition coefficient (Wildman–Crippen LogP) is 2.90. The summed E-state index contributed by atoms with van der Waals surface area (Å²) in [7, 11) is 1.78. The van der Waals surface area contributed by atoms with Crippen LogP contribution in [0.25, 0.3) is 10.8 Å². The van der Waals surface area contributed by atoms with Crippen molar-refractivity contribution >= 4 is 16.7 Å². The van der Waals surface area contributed by atoms with Crippen LogP contribution < -0.4 is 0 Å². The Morgan fingerprint density at radius 2 is 1.81 bits per heavy atom. The van der Waals surface area contributed by atoms with Crippen LogP contribution in [0.2, 0.25) is 0 Å². The topological polar surface area (TPSA) is 46.1 Å². The Hall–Kier alpha value is -2.75. The normalized spacial score (nSPS) is 10.5. The molecule has 2 aromatic heterocycles. The lowest BCUT2D eigenvalue weighted by molar-refractivity contribution is 0.0781.